The number of benzene rings is 1. The monoisotopic (exact) mass is 321 g/mol. The van der Waals surface area contributed by atoms with Gasteiger partial charge in [-0.2, -0.15) is 0 Å². The van der Waals surface area contributed by atoms with Crippen molar-refractivity contribution in [2.24, 2.45) is 0 Å². The SMILES string of the molecule is O=C(NCCN1CCN(c2ccc(F)cc2)CC1)[C@@H]1CCCO1. The van der Waals surface area contributed by atoms with E-state index in [-0.39, 0.29) is 17.8 Å². The van der Waals surface area contributed by atoms with Crippen LogP contribution in [0.4, 0.5) is 10.1 Å². The molecule has 2 aliphatic rings. The Kier molecular flexibility index (Phi) is 5.46. The molecule has 0 aliphatic carbocycles. The maximum absolute atomic E-state index is 13.0. The van der Waals surface area contributed by atoms with Crippen molar-refractivity contribution in [1.29, 1.82) is 0 Å². The van der Waals surface area contributed by atoms with Crippen LogP contribution in [0.3, 0.4) is 0 Å². The molecule has 1 aromatic rings. The Labute approximate surface area is 136 Å². The van der Waals surface area contributed by atoms with E-state index in [1.807, 2.05) is 12.1 Å². The van der Waals surface area contributed by atoms with Gasteiger partial charge >= 0.3 is 0 Å². The maximum Gasteiger partial charge on any atom is 0.249 e. The fraction of sp³-hybridized carbons (Fsp3) is 0.588. The van der Waals surface area contributed by atoms with Gasteiger partial charge in [-0.15, -0.1) is 0 Å². The second-order valence-corrected chi connectivity index (χ2v) is 6.10. The Morgan fingerprint density at radius 1 is 1.22 bits per heavy atom. The summed E-state index contributed by atoms with van der Waals surface area (Å²) in [6.07, 6.45) is 1.57. The molecule has 0 spiro atoms. The number of nitrogens with one attached hydrogen (secondary N) is 1. The highest BCUT2D eigenvalue weighted by Crippen LogP contribution is 2.16. The fourth-order valence-electron chi connectivity index (χ4n) is 3.12. The van der Waals surface area contributed by atoms with Gasteiger partial charge in [0, 0.05) is 51.6 Å². The summed E-state index contributed by atoms with van der Waals surface area (Å²) in [6.45, 7) is 5.96. The second kappa shape index (κ2) is 7.75. The molecular weight excluding hydrogens is 297 g/mol. The van der Waals surface area contributed by atoms with E-state index in [4.69, 9.17) is 4.74 Å². The van der Waals surface area contributed by atoms with Crippen LogP contribution in [-0.4, -0.2) is 62.8 Å². The zero-order chi connectivity index (χ0) is 16.1. The van der Waals surface area contributed by atoms with Crippen LogP contribution < -0.4 is 10.2 Å². The Bertz CT molecular complexity index is 509. The number of anilines is 1. The molecular formula is C17H24FN3O2. The number of ether oxygens (including phenoxy) is 1. The van der Waals surface area contributed by atoms with Gasteiger partial charge in [0.2, 0.25) is 5.91 Å². The van der Waals surface area contributed by atoms with Crippen molar-refractivity contribution in [2.45, 2.75) is 18.9 Å². The highest BCUT2D eigenvalue weighted by Gasteiger charge is 2.23. The third-order valence-electron chi connectivity index (χ3n) is 4.51. The van der Waals surface area contributed by atoms with Gasteiger partial charge in [-0.3, -0.25) is 9.69 Å². The van der Waals surface area contributed by atoms with E-state index < -0.39 is 0 Å². The van der Waals surface area contributed by atoms with E-state index in [0.29, 0.717) is 13.2 Å². The number of hydrogen-bond acceptors (Lipinski definition) is 4. The molecule has 126 valence electrons. The van der Waals surface area contributed by atoms with E-state index in [0.717, 1.165) is 51.3 Å². The average molecular weight is 321 g/mol. The third kappa shape index (κ3) is 4.42. The molecule has 2 aliphatic heterocycles. The molecule has 0 bridgehead atoms. The number of rotatable bonds is 5. The summed E-state index contributed by atoms with van der Waals surface area (Å²) >= 11 is 0. The van der Waals surface area contributed by atoms with Crippen LogP contribution >= 0.6 is 0 Å². The number of halogens is 1. The van der Waals surface area contributed by atoms with Gasteiger partial charge in [0.15, 0.2) is 0 Å². The number of amides is 1. The number of carbonyl (C=O) groups is 1. The number of piperazine rings is 1. The number of hydrogen-bond donors (Lipinski definition) is 1. The normalized spacial score (nSPS) is 22.3. The van der Waals surface area contributed by atoms with Crippen LogP contribution in [0.2, 0.25) is 0 Å². The van der Waals surface area contributed by atoms with Crippen LogP contribution in [0.1, 0.15) is 12.8 Å². The summed E-state index contributed by atoms with van der Waals surface area (Å²) in [5.41, 5.74) is 1.07. The minimum atomic E-state index is -0.245. The zero-order valence-electron chi connectivity index (χ0n) is 13.3. The van der Waals surface area contributed by atoms with Crippen molar-refractivity contribution < 1.29 is 13.9 Å². The predicted octanol–water partition coefficient (Wildman–Crippen LogP) is 1.24. The largest absolute Gasteiger partial charge is 0.369 e. The number of carbonyl (C=O) groups excluding carboxylic acids is 1. The molecule has 23 heavy (non-hydrogen) atoms. The molecule has 0 radical (unpaired) electrons. The Balaban J connectivity index is 1.36. The molecule has 2 fully saturated rings. The summed E-state index contributed by atoms with van der Waals surface area (Å²) in [7, 11) is 0. The van der Waals surface area contributed by atoms with Crippen LogP contribution in [0.15, 0.2) is 24.3 Å². The van der Waals surface area contributed by atoms with Crippen molar-refractivity contribution in [3.63, 3.8) is 0 Å². The zero-order valence-corrected chi connectivity index (χ0v) is 13.3. The lowest BCUT2D eigenvalue weighted by atomic mass is 10.2. The molecule has 0 aromatic heterocycles. The van der Waals surface area contributed by atoms with Gasteiger partial charge in [-0.25, -0.2) is 4.39 Å². The standard InChI is InChI=1S/C17H24FN3O2/c18-14-3-5-15(6-4-14)21-11-9-20(10-12-21)8-7-19-17(22)16-2-1-13-23-16/h3-6,16H,1-2,7-13H2,(H,19,22)/t16-/m0/s1. The molecule has 1 atom stereocenters. The van der Waals surface area contributed by atoms with E-state index >= 15 is 0 Å². The van der Waals surface area contributed by atoms with Crippen molar-refractivity contribution in [3.05, 3.63) is 30.1 Å². The molecule has 1 N–H and O–H groups in total. The first kappa shape index (κ1) is 16.2. The van der Waals surface area contributed by atoms with E-state index in [9.17, 15) is 9.18 Å². The topological polar surface area (TPSA) is 44.8 Å². The minimum Gasteiger partial charge on any atom is -0.369 e. The molecule has 1 amide bonds. The number of nitrogens with zero attached hydrogens (tertiary/aromatic N) is 2. The van der Waals surface area contributed by atoms with E-state index in [2.05, 4.69) is 15.1 Å². The Morgan fingerprint density at radius 3 is 2.61 bits per heavy atom. The lowest BCUT2D eigenvalue weighted by molar-refractivity contribution is -0.130. The van der Waals surface area contributed by atoms with Gasteiger partial charge in [0.1, 0.15) is 11.9 Å². The fourth-order valence-corrected chi connectivity index (χ4v) is 3.12. The summed E-state index contributed by atoms with van der Waals surface area (Å²) in [5, 5.41) is 2.96. The van der Waals surface area contributed by atoms with Crippen molar-refractivity contribution in [2.75, 3.05) is 50.8 Å². The molecule has 1 aromatic carbocycles. The third-order valence-corrected chi connectivity index (χ3v) is 4.51. The molecule has 5 nitrogen and oxygen atoms in total. The molecule has 3 rings (SSSR count). The smallest absolute Gasteiger partial charge is 0.249 e. The molecule has 2 saturated heterocycles. The Morgan fingerprint density at radius 2 is 1.96 bits per heavy atom. The van der Waals surface area contributed by atoms with Crippen LogP contribution in [-0.2, 0) is 9.53 Å². The first-order valence-electron chi connectivity index (χ1n) is 8.34. The summed E-state index contributed by atoms with van der Waals surface area (Å²) < 4.78 is 18.3. The van der Waals surface area contributed by atoms with E-state index in [1.165, 1.54) is 12.1 Å². The molecule has 0 unspecified atom stereocenters. The first-order valence-corrected chi connectivity index (χ1v) is 8.34. The summed E-state index contributed by atoms with van der Waals surface area (Å²) in [4.78, 5) is 16.5. The lowest BCUT2D eigenvalue weighted by Gasteiger charge is -2.36. The van der Waals surface area contributed by atoms with Crippen molar-refractivity contribution in [1.82, 2.24) is 10.2 Å². The quantitative estimate of drug-likeness (QED) is 0.886. The molecule has 0 saturated carbocycles. The van der Waals surface area contributed by atoms with Gasteiger partial charge in [0.05, 0.1) is 0 Å². The van der Waals surface area contributed by atoms with Gasteiger partial charge in [-0.1, -0.05) is 0 Å². The van der Waals surface area contributed by atoms with Crippen LogP contribution in [0.25, 0.3) is 0 Å². The van der Waals surface area contributed by atoms with Crippen molar-refractivity contribution >= 4 is 11.6 Å². The second-order valence-electron chi connectivity index (χ2n) is 6.10. The highest BCUT2D eigenvalue weighted by atomic mass is 19.1. The van der Waals surface area contributed by atoms with Gasteiger partial charge in [0.25, 0.3) is 0 Å². The minimum absolute atomic E-state index is 0.0208. The van der Waals surface area contributed by atoms with Crippen LogP contribution in [0.5, 0.6) is 0 Å². The van der Waals surface area contributed by atoms with Crippen LogP contribution in [0, 0.1) is 5.82 Å². The molecule has 2 heterocycles. The van der Waals surface area contributed by atoms with E-state index in [1.54, 1.807) is 0 Å². The van der Waals surface area contributed by atoms with Gasteiger partial charge in [-0.05, 0) is 37.1 Å². The first-order chi connectivity index (χ1) is 11.2. The van der Waals surface area contributed by atoms with Crippen molar-refractivity contribution in [3.8, 4) is 0 Å². The maximum atomic E-state index is 13.0. The average Bonchev–Trinajstić information content (AvgIpc) is 3.11. The summed E-state index contributed by atoms with van der Waals surface area (Å²) in [6, 6.07) is 6.66. The lowest BCUT2D eigenvalue weighted by Crippen LogP contribution is -2.49. The van der Waals surface area contributed by atoms with Gasteiger partial charge < -0.3 is 15.0 Å². The highest BCUT2D eigenvalue weighted by molar-refractivity contribution is 5.80. The Hall–Kier alpha value is -1.66. The summed E-state index contributed by atoms with van der Waals surface area (Å²) in [5.74, 6) is -0.179. The predicted molar refractivity (Wildman–Crippen MR) is 87.0 cm³/mol. The molecule has 6 heteroatoms.